The summed E-state index contributed by atoms with van der Waals surface area (Å²) in [6.45, 7) is 1.51. The molecule has 7 heteroatoms. The minimum absolute atomic E-state index is 0.0234. The maximum Gasteiger partial charge on any atom is 0.341 e. The summed E-state index contributed by atoms with van der Waals surface area (Å²) in [7, 11) is 2.98. The molecule has 0 radical (unpaired) electrons. The van der Waals surface area contributed by atoms with Crippen LogP contribution in [0.1, 0.15) is 28.4 Å². The van der Waals surface area contributed by atoms with E-state index in [4.69, 9.17) is 23.7 Å². The zero-order valence-electron chi connectivity index (χ0n) is 15.8. The summed E-state index contributed by atoms with van der Waals surface area (Å²) >= 11 is 0. The monoisotopic (exact) mass is 384 g/mol. The van der Waals surface area contributed by atoms with Gasteiger partial charge in [-0.1, -0.05) is 36.4 Å². The summed E-state index contributed by atoms with van der Waals surface area (Å²) in [6, 6.07) is 14.0. The standard InChI is InChI=1S/C21H20O7/c1-20(19(23)26-12-13-8-10-14(24-2)11-9-13)18-17(22)15-6-4-5-7-16(15)21(25-3,27-18)28-20/h4-11,18H,12H2,1-3H3/t18-,20+,21+/m1/s1. The number of rotatable bonds is 5. The number of methoxy groups -OCH3 is 2. The van der Waals surface area contributed by atoms with E-state index >= 15 is 0 Å². The number of hydrogen-bond donors (Lipinski definition) is 0. The van der Waals surface area contributed by atoms with Gasteiger partial charge in [0.15, 0.2) is 11.9 Å². The summed E-state index contributed by atoms with van der Waals surface area (Å²) in [6.07, 6.45) is -1.16. The summed E-state index contributed by atoms with van der Waals surface area (Å²) < 4.78 is 27.7. The highest BCUT2D eigenvalue weighted by Gasteiger charge is 2.67. The van der Waals surface area contributed by atoms with Crippen molar-refractivity contribution in [1.29, 1.82) is 0 Å². The van der Waals surface area contributed by atoms with Gasteiger partial charge >= 0.3 is 11.9 Å². The molecule has 0 spiro atoms. The lowest BCUT2D eigenvalue weighted by atomic mass is 9.89. The number of fused-ring (bicyclic) bond motifs is 4. The first-order chi connectivity index (χ1) is 13.4. The summed E-state index contributed by atoms with van der Waals surface area (Å²) in [4.78, 5) is 25.8. The molecule has 7 nitrogen and oxygen atoms in total. The minimum atomic E-state index is -1.64. The predicted molar refractivity (Wildman–Crippen MR) is 96.6 cm³/mol. The van der Waals surface area contributed by atoms with Gasteiger partial charge in [-0.05, 0) is 24.6 Å². The van der Waals surface area contributed by atoms with Crippen LogP contribution in [-0.2, 0) is 36.3 Å². The van der Waals surface area contributed by atoms with Gasteiger partial charge in [-0.3, -0.25) is 4.79 Å². The van der Waals surface area contributed by atoms with Crippen LogP contribution < -0.4 is 4.74 Å². The van der Waals surface area contributed by atoms with Gasteiger partial charge < -0.3 is 23.7 Å². The van der Waals surface area contributed by atoms with Crippen LogP contribution in [0.15, 0.2) is 48.5 Å². The van der Waals surface area contributed by atoms with Gasteiger partial charge in [-0.2, -0.15) is 0 Å². The number of esters is 1. The van der Waals surface area contributed by atoms with E-state index in [1.54, 1.807) is 55.6 Å². The Kier molecular flexibility index (Phi) is 4.45. The molecule has 0 amide bonds. The van der Waals surface area contributed by atoms with Crippen molar-refractivity contribution in [3.8, 4) is 5.75 Å². The number of carbonyl (C=O) groups is 2. The van der Waals surface area contributed by atoms with Gasteiger partial charge in [0.25, 0.3) is 0 Å². The van der Waals surface area contributed by atoms with Crippen LogP contribution in [0.4, 0.5) is 0 Å². The van der Waals surface area contributed by atoms with Gasteiger partial charge in [0.2, 0.25) is 5.60 Å². The largest absolute Gasteiger partial charge is 0.497 e. The summed E-state index contributed by atoms with van der Waals surface area (Å²) in [5.74, 6) is -1.96. The van der Waals surface area contributed by atoms with Crippen molar-refractivity contribution in [2.75, 3.05) is 14.2 Å². The van der Waals surface area contributed by atoms with Crippen molar-refractivity contribution in [2.45, 2.75) is 31.2 Å². The normalized spacial score (nSPS) is 28.0. The molecule has 2 aromatic carbocycles. The Labute approximate surface area is 162 Å². The summed E-state index contributed by atoms with van der Waals surface area (Å²) in [5, 5.41) is 0. The second-order valence-electron chi connectivity index (χ2n) is 6.80. The van der Waals surface area contributed by atoms with Crippen LogP contribution in [0.5, 0.6) is 5.75 Å². The molecule has 0 N–H and O–H groups in total. The van der Waals surface area contributed by atoms with Crippen molar-refractivity contribution in [2.24, 2.45) is 0 Å². The van der Waals surface area contributed by atoms with Gasteiger partial charge in [-0.25, -0.2) is 4.79 Å². The van der Waals surface area contributed by atoms with Gasteiger partial charge in [0.05, 0.1) is 12.7 Å². The van der Waals surface area contributed by atoms with Gasteiger partial charge in [0, 0.05) is 12.7 Å². The van der Waals surface area contributed by atoms with Crippen molar-refractivity contribution in [1.82, 2.24) is 0 Å². The molecule has 0 saturated carbocycles. The Hall–Kier alpha value is -2.74. The number of hydrogen-bond acceptors (Lipinski definition) is 7. The topological polar surface area (TPSA) is 80.3 Å². The van der Waals surface area contributed by atoms with Crippen LogP contribution in [0.2, 0.25) is 0 Å². The zero-order chi connectivity index (χ0) is 19.9. The highest BCUT2D eigenvalue weighted by atomic mass is 16.9. The van der Waals surface area contributed by atoms with Crippen LogP contribution >= 0.6 is 0 Å². The van der Waals surface area contributed by atoms with E-state index in [1.807, 2.05) is 0 Å². The van der Waals surface area contributed by atoms with Gasteiger partial charge in [-0.15, -0.1) is 0 Å². The quantitative estimate of drug-likeness (QED) is 0.733. The number of benzene rings is 2. The van der Waals surface area contributed by atoms with Crippen molar-refractivity contribution in [3.05, 3.63) is 65.2 Å². The first kappa shape index (κ1) is 18.6. The number of ketones is 1. The van der Waals surface area contributed by atoms with Crippen LogP contribution in [0.3, 0.4) is 0 Å². The van der Waals surface area contributed by atoms with Crippen LogP contribution in [0.25, 0.3) is 0 Å². The second kappa shape index (κ2) is 6.70. The molecule has 2 aliphatic rings. The van der Waals surface area contributed by atoms with Crippen LogP contribution in [0, 0.1) is 0 Å². The van der Waals surface area contributed by atoms with E-state index in [1.165, 1.54) is 14.0 Å². The Bertz CT molecular complexity index is 923. The molecule has 4 rings (SSSR count). The highest BCUT2D eigenvalue weighted by Crippen LogP contribution is 2.50. The molecule has 1 saturated heterocycles. The fourth-order valence-corrected chi connectivity index (χ4v) is 3.52. The average molecular weight is 384 g/mol. The average Bonchev–Trinajstić information content (AvgIpc) is 3.03. The first-order valence-electron chi connectivity index (χ1n) is 8.80. The van der Waals surface area contributed by atoms with E-state index in [-0.39, 0.29) is 12.4 Å². The van der Waals surface area contributed by atoms with Crippen molar-refractivity contribution < 1.29 is 33.3 Å². The molecule has 146 valence electrons. The molecule has 1 fully saturated rings. The fourth-order valence-electron chi connectivity index (χ4n) is 3.52. The number of carbonyl (C=O) groups excluding carboxylic acids is 2. The third kappa shape index (κ3) is 2.71. The van der Waals surface area contributed by atoms with Crippen LogP contribution in [-0.4, -0.2) is 37.7 Å². The maximum absolute atomic E-state index is 12.9. The predicted octanol–water partition coefficient (Wildman–Crippen LogP) is 2.57. The molecular weight excluding hydrogens is 364 g/mol. The molecule has 2 aromatic rings. The first-order valence-corrected chi connectivity index (χ1v) is 8.80. The molecule has 2 bridgehead atoms. The molecule has 2 aliphatic heterocycles. The molecule has 3 atom stereocenters. The molecule has 0 aromatic heterocycles. The Morgan fingerprint density at radius 3 is 2.50 bits per heavy atom. The summed E-state index contributed by atoms with van der Waals surface area (Å²) in [5.41, 5.74) is -0.0214. The second-order valence-corrected chi connectivity index (χ2v) is 6.80. The Morgan fingerprint density at radius 2 is 1.82 bits per heavy atom. The molecule has 28 heavy (non-hydrogen) atoms. The number of Topliss-reactive ketones (excluding diaryl/α,β-unsaturated/α-hetero) is 1. The SMILES string of the molecule is COc1ccc(COC(=O)[C@@]2(C)O[C@@]3(OC)O[C@@H]2C(=O)c2ccccc23)cc1. The van der Waals surface area contributed by atoms with E-state index in [0.29, 0.717) is 16.9 Å². The zero-order valence-corrected chi connectivity index (χ0v) is 15.8. The maximum atomic E-state index is 12.9. The lowest BCUT2D eigenvalue weighted by molar-refractivity contribution is -0.348. The smallest absolute Gasteiger partial charge is 0.341 e. The van der Waals surface area contributed by atoms with E-state index in [0.717, 1.165) is 5.56 Å². The third-order valence-corrected chi connectivity index (χ3v) is 5.08. The Morgan fingerprint density at radius 1 is 1.11 bits per heavy atom. The Balaban J connectivity index is 1.58. The minimum Gasteiger partial charge on any atom is -0.497 e. The molecule has 0 unspecified atom stereocenters. The van der Waals surface area contributed by atoms with E-state index in [9.17, 15) is 9.59 Å². The molecule has 0 aliphatic carbocycles. The highest BCUT2D eigenvalue weighted by molar-refractivity contribution is 6.06. The lowest BCUT2D eigenvalue weighted by Crippen LogP contribution is -2.49. The van der Waals surface area contributed by atoms with E-state index in [2.05, 4.69) is 0 Å². The molecule has 2 heterocycles. The van der Waals surface area contributed by atoms with Crippen molar-refractivity contribution in [3.63, 3.8) is 0 Å². The van der Waals surface area contributed by atoms with Crippen molar-refractivity contribution >= 4 is 11.8 Å². The van der Waals surface area contributed by atoms with Gasteiger partial charge in [0.1, 0.15) is 12.4 Å². The fraction of sp³-hybridized carbons (Fsp3) is 0.333. The molecular formula is C21H20O7. The lowest BCUT2D eigenvalue weighted by Gasteiger charge is -2.30. The van der Waals surface area contributed by atoms with E-state index < -0.39 is 23.6 Å². The number of ether oxygens (including phenoxy) is 5. The third-order valence-electron chi connectivity index (χ3n) is 5.08.